The van der Waals surface area contributed by atoms with Crippen LogP contribution in [0.25, 0.3) is 5.69 Å². The number of aromatic nitrogens is 2. The predicted octanol–water partition coefficient (Wildman–Crippen LogP) is 6.09. The minimum atomic E-state index is -4.74. The van der Waals surface area contributed by atoms with E-state index in [9.17, 15) is 31.1 Å². The highest BCUT2D eigenvalue weighted by atomic mass is 35.5. The molecule has 2 rings (SSSR count). The number of anilines is 1. The van der Waals surface area contributed by atoms with Gasteiger partial charge in [0.15, 0.2) is 0 Å². The number of carbonyl (C=O) groups excluding carboxylic acids is 1. The maximum atomic E-state index is 13.0. The lowest BCUT2D eigenvalue weighted by Gasteiger charge is -2.16. The van der Waals surface area contributed by atoms with Gasteiger partial charge in [0.25, 0.3) is 0 Å². The molecule has 0 aliphatic heterocycles. The van der Waals surface area contributed by atoms with Gasteiger partial charge in [-0.15, -0.1) is 0 Å². The number of alkyl halides is 6. The van der Waals surface area contributed by atoms with Crippen LogP contribution in [0.1, 0.15) is 18.2 Å². The Hall–Kier alpha value is -1.79. The number of aryl methyl sites for hydroxylation is 1. The van der Waals surface area contributed by atoms with Gasteiger partial charge in [0.2, 0.25) is 0 Å². The third-order valence-corrected chi connectivity index (χ3v) is 4.99. The standard InChI is InChI=1S/C16H13Cl2F6N3O2S/c1-3-29-11(28)6-25-14-13(30-16(22,23)24)7(2)26-27(14)12-9(17)4-8(5-10(12)18)15(19,20)21/h4-5,25H,3,6H2,1-2H3. The molecule has 0 radical (unpaired) electrons. The van der Waals surface area contributed by atoms with E-state index in [1.807, 2.05) is 0 Å². The van der Waals surface area contributed by atoms with Crippen molar-refractivity contribution in [3.63, 3.8) is 0 Å². The van der Waals surface area contributed by atoms with Crippen LogP contribution in [0.3, 0.4) is 0 Å². The third kappa shape index (κ3) is 5.88. The van der Waals surface area contributed by atoms with E-state index in [4.69, 9.17) is 27.9 Å². The SMILES string of the molecule is CCOC(=O)CNc1c(SC(F)(F)F)c(C)nn1-c1c(Cl)cc(C(F)(F)F)cc1Cl. The zero-order valence-electron chi connectivity index (χ0n) is 15.2. The van der Waals surface area contributed by atoms with E-state index in [-0.39, 0.29) is 23.8 Å². The van der Waals surface area contributed by atoms with Gasteiger partial charge in [0.1, 0.15) is 18.1 Å². The summed E-state index contributed by atoms with van der Waals surface area (Å²) in [4.78, 5) is 11.2. The average molecular weight is 496 g/mol. The quantitative estimate of drug-likeness (QED) is 0.298. The number of halogens is 8. The van der Waals surface area contributed by atoms with Crippen molar-refractivity contribution in [1.29, 1.82) is 0 Å². The summed E-state index contributed by atoms with van der Waals surface area (Å²) in [7, 11) is 0. The molecular weight excluding hydrogens is 483 g/mol. The number of nitrogens with one attached hydrogen (secondary N) is 1. The number of carbonyl (C=O) groups is 1. The molecule has 1 heterocycles. The summed E-state index contributed by atoms with van der Waals surface area (Å²) in [6.07, 6.45) is -4.74. The molecule has 1 aromatic carbocycles. The Kier molecular flexibility index (Phi) is 7.46. The van der Waals surface area contributed by atoms with Crippen molar-refractivity contribution in [2.75, 3.05) is 18.5 Å². The monoisotopic (exact) mass is 495 g/mol. The van der Waals surface area contributed by atoms with Crippen molar-refractivity contribution < 1.29 is 35.9 Å². The molecule has 0 aliphatic rings. The maximum absolute atomic E-state index is 13.0. The van der Waals surface area contributed by atoms with Gasteiger partial charge in [-0.1, -0.05) is 23.2 Å². The smallest absolute Gasteiger partial charge is 0.446 e. The van der Waals surface area contributed by atoms with Crippen molar-refractivity contribution in [3.8, 4) is 5.69 Å². The van der Waals surface area contributed by atoms with Gasteiger partial charge in [-0.25, -0.2) is 4.68 Å². The Labute approximate surface area is 180 Å². The normalized spacial score (nSPS) is 12.2. The lowest BCUT2D eigenvalue weighted by molar-refractivity contribution is -0.141. The highest BCUT2D eigenvalue weighted by Crippen LogP contribution is 2.45. The summed E-state index contributed by atoms with van der Waals surface area (Å²) >= 11 is 11.4. The Bertz CT molecular complexity index is 923. The average Bonchev–Trinajstić information content (AvgIpc) is 2.86. The van der Waals surface area contributed by atoms with Crippen LogP contribution in [-0.2, 0) is 15.7 Å². The molecule has 0 saturated carbocycles. The highest BCUT2D eigenvalue weighted by Gasteiger charge is 2.35. The molecule has 5 nitrogen and oxygen atoms in total. The van der Waals surface area contributed by atoms with Gasteiger partial charge in [0.05, 0.1) is 32.8 Å². The van der Waals surface area contributed by atoms with Crippen LogP contribution in [-0.4, -0.2) is 34.4 Å². The summed E-state index contributed by atoms with van der Waals surface area (Å²) in [5.74, 6) is -1.10. The third-order valence-electron chi connectivity index (χ3n) is 3.48. The van der Waals surface area contributed by atoms with E-state index in [2.05, 4.69) is 10.4 Å². The molecule has 0 amide bonds. The first-order chi connectivity index (χ1) is 13.7. The predicted molar refractivity (Wildman–Crippen MR) is 100 cm³/mol. The molecule has 30 heavy (non-hydrogen) atoms. The zero-order chi connectivity index (χ0) is 22.9. The van der Waals surface area contributed by atoms with Crippen molar-refractivity contribution >= 4 is 46.8 Å². The number of thioether (sulfide) groups is 1. The molecule has 0 spiro atoms. The van der Waals surface area contributed by atoms with E-state index < -0.39 is 56.5 Å². The summed E-state index contributed by atoms with van der Waals surface area (Å²) in [5, 5.41) is 5.41. The van der Waals surface area contributed by atoms with Crippen LogP contribution in [0.4, 0.5) is 32.2 Å². The fourth-order valence-electron chi connectivity index (χ4n) is 2.37. The first-order valence-corrected chi connectivity index (χ1v) is 9.63. The van der Waals surface area contributed by atoms with Crippen LogP contribution in [0.5, 0.6) is 0 Å². The van der Waals surface area contributed by atoms with Crippen molar-refractivity contribution in [1.82, 2.24) is 9.78 Å². The number of hydrogen-bond acceptors (Lipinski definition) is 5. The number of benzene rings is 1. The zero-order valence-corrected chi connectivity index (χ0v) is 17.5. The summed E-state index contributed by atoms with van der Waals surface area (Å²) in [6, 6.07) is 1.15. The van der Waals surface area contributed by atoms with Crippen LogP contribution in [0.2, 0.25) is 10.0 Å². The highest BCUT2D eigenvalue weighted by molar-refractivity contribution is 8.00. The van der Waals surface area contributed by atoms with E-state index in [1.54, 1.807) is 6.92 Å². The lowest BCUT2D eigenvalue weighted by Crippen LogP contribution is -2.19. The number of nitrogens with zero attached hydrogens (tertiary/aromatic N) is 2. The van der Waals surface area contributed by atoms with Crippen LogP contribution in [0, 0.1) is 6.92 Å². The van der Waals surface area contributed by atoms with Crippen molar-refractivity contribution in [2.45, 2.75) is 30.4 Å². The van der Waals surface area contributed by atoms with Gasteiger partial charge in [-0.3, -0.25) is 4.79 Å². The molecule has 2 aromatic rings. The van der Waals surface area contributed by atoms with Crippen LogP contribution >= 0.6 is 35.0 Å². The van der Waals surface area contributed by atoms with Crippen LogP contribution in [0.15, 0.2) is 17.0 Å². The molecule has 0 fully saturated rings. The molecule has 14 heteroatoms. The number of esters is 1. The minimum Gasteiger partial charge on any atom is -0.465 e. The lowest BCUT2D eigenvalue weighted by atomic mass is 10.2. The fraction of sp³-hybridized carbons (Fsp3) is 0.375. The summed E-state index contributed by atoms with van der Waals surface area (Å²) in [6.45, 7) is 2.31. The molecule has 0 bridgehead atoms. The Morgan fingerprint density at radius 2 is 1.77 bits per heavy atom. The van der Waals surface area contributed by atoms with Crippen molar-refractivity contribution in [3.05, 3.63) is 33.4 Å². The van der Waals surface area contributed by atoms with Gasteiger partial charge >= 0.3 is 17.7 Å². The van der Waals surface area contributed by atoms with E-state index in [0.717, 1.165) is 4.68 Å². The number of hydrogen-bond donors (Lipinski definition) is 1. The second kappa shape index (κ2) is 9.15. The van der Waals surface area contributed by atoms with E-state index in [1.165, 1.54) is 6.92 Å². The first kappa shape index (κ1) is 24.5. The molecule has 1 N–H and O–H groups in total. The summed E-state index contributed by atoms with van der Waals surface area (Å²) in [5.41, 5.74) is -6.24. The molecule has 0 atom stereocenters. The minimum absolute atomic E-state index is 0.0412. The molecule has 0 unspecified atom stereocenters. The molecule has 0 aliphatic carbocycles. The second-order valence-corrected chi connectivity index (χ2v) is 7.56. The number of ether oxygens (including phenoxy) is 1. The van der Waals surface area contributed by atoms with Gasteiger partial charge in [-0.05, 0) is 37.7 Å². The van der Waals surface area contributed by atoms with Gasteiger partial charge in [0, 0.05) is 0 Å². The molecular formula is C16H13Cl2F6N3O2S. The van der Waals surface area contributed by atoms with E-state index >= 15 is 0 Å². The topological polar surface area (TPSA) is 56.1 Å². The number of rotatable bonds is 6. The molecule has 0 saturated heterocycles. The maximum Gasteiger partial charge on any atom is 0.446 e. The molecule has 166 valence electrons. The Balaban J connectivity index is 2.62. The second-order valence-electron chi connectivity index (χ2n) is 5.67. The molecule has 1 aromatic heterocycles. The van der Waals surface area contributed by atoms with Gasteiger partial charge < -0.3 is 10.1 Å². The van der Waals surface area contributed by atoms with Gasteiger partial charge in [-0.2, -0.15) is 31.4 Å². The largest absolute Gasteiger partial charge is 0.465 e. The van der Waals surface area contributed by atoms with Crippen molar-refractivity contribution in [2.24, 2.45) is 0 Å². The Morgan fingerprint density at radius 1 is 1.20 bits per heavy atom. The fourth-order valence-corrected chi connectivity index (χ4v) is 3.69. The first-order valence-electron chi connectivity index (χ1n) is 8.06. The van der Waals surface area contributed by atoms with E-state index in [0.29, 0.717) is 12.1 Å². The Morgan fingerprint density at radius 3 is 2.23 bits per heavy atom. The summed E-state index contributed by atoms with van der Waals surface area (Å²) < 4.78 is 83.5. The van der Waals surface area contributed by atoms with Crippen LogP contribution < -0.4 is 5.32 Å².